The number of carbonyl (C=O) groups is 1. The minimum Gasteiger partial charge on any atom is -0.480 e. The summed E-state index contributed by atoms with van der Waals surface area (Å²) in [5.41, 5.74) is -0.821. The highest BCUT2D eigenvalue weighted by Crippen LogP contribution is 2.31. The van der Waals surface area contributed by atoms with Gasteiger partial charge < -0.3 is 9.84 Å². The summed E-state index contributed by atoms with van der Waals surface area (Å²) in [6.45, 7) is 7.12. The lowest BCUT2D eigenvalue weighted by Gasteiger charge is -2.38. The Bertz CT molecular complexity index is 228. The zero-order chi connectivity index (χ0) is 11.5. The van der Waals surface area contributed by atoms with E-state index in [4.69, 9.17) is 9.84 Å². The number of rotatable bonds is 5. The van der Waals surface area contributed by atoms with Crippen molar-refractivity contribution in [2.24, 2.45) is 0 Å². The zero-order valence-electron chi connectivity index (χ0n) is 9.80. The lowest BCUT2D eigenvalue weighted by Crippen LogP contribution is -2.58. The molecule has 4 heteroatoms. The van der Waals surface area contributed by atoms with Gasteiger partial charge in [-0.05, 0) is 40.0 Å². The molecule has 15 heavy (non-hydrogen) atoms. The molecule has 1 aliphatic rings. The second-order valence-electron chi connectivity index (χ2n) is 5.13. The highest BCUT2D eigenvalue weighted by atomic mass is 16.5. The molecule has 0 amide bonds. The molecule has 1 saturated carbocycles. The maximum atomic E-state index is 11.0. The monoisotopic (exact) mass is 215 g/mol. The molecule has 0 aromatic rings. The van der Waals surface area contributed by atoms with Gasteiger partial charge >= 0.3 is 5.97 Å². The minimum atomic E-state index is -0.732. The third-order valence-electron chi connectivity index (χ3n) is 2.72. The summed E-state index contributed by atoms with van der Waals surface area (Å²) in [6, 6.07) is 0. The minimum absolute atomic E-state index is 0.155. The number of aliphatic carboxylic acids is 1. The quantitative estimate of drug-likeness (QED) is 0.681. The normalized spacial score (nSPS) is 19.7. The summed E-state index contributed by atoms with van der Waals surface area (Å²) < 4.78 is 5.52. The van der Waals surface area contributed by atoms with Gasteiger partial charge in [-0.1, -0.05) is 0 Å². The summed E-state index contributed by atoms with van der Waals surface area (Å²) >= 11 is 0. The van der Waals surface area contributed by atoms with Gasteiger partial charge in [0, 0.05) is 6.54 Å². The molecule has 2 N–H and O–H groups in total. The molecule has 0 bridgehead atoms. The second-order valence-corrected chi connectivity index (χ2v) is 5.13. The van der Waals surface area contributed by atoms with Crippen LogP contribution in [0.15, 0.2) is 0 Å². The van der Waals surface area contributed by atoms with E-state index in [1.165, 1.54) is 0 Å². The molecule has 4 nitrogen and oxygen atoms in total. The van der Waals surface area contributed by atoms with Crippen molar-refractivity contribution in [2.75, 3.05) is 13.2 Å². The van der Waals surface area contributed by atoms with E-state index in [2.05, 4.69) is 5.32 Å². The highest BCUT2D eigenvalue weighted by molar-refractivity contribution is 5.79. The molecule has 0 saturated heterocycles. The van der Waals surface area contributed by atoms with Crippen LogP contribution >= 0.6 is 0 Å². The molecule has 0 heterocycles. The lowest BCUT2D eigenvalue weighted by molar-refractivity contribution is -0.149. The fourth-order valence-electron chi connectivity index (χ4n) is 1.64. The van der Waals surface area contributed by atoms with E-state index >= 15 is 0 Å². The highest BCUT2D eigenvalue weighted by Gasteiger charge is 2.43. The predicted molar refractivity (Wildman–Crippen MR) is 57.9 cm³/mol. The summed E-state index contributed by atoms with van der Waals surface area (Å²) in [5, 5.41) is 12.1. The number of ether oxygens (including phenoxy) is 1. The Kier molecular flexibility index (Phi) is 3.73. The molecule has 1 aliphatic carbocycles. The fraction of sp³-hybridized carbons (Fsp3) is 0.909. The van der Waals surface area contributed by atoms with Crippen LogP contribution in [-0.2, 0) is 9.53 Å². The number of hydrogen-bond donors (Lipinski definition) is 2. The van der Waals surface area contributed by atoms with Crippen molar-refractivity contribution >= 4 is 5.97 Å². The van der Waals surface area contributed by atoms with Gasteiger partial charge in [-0.2, -0.15) is 0 Å². The molecule has 1 rings (SSSR count). The van der Waals surface area contributed by atoms with Crippen molar-refractivity contribution in [3.63, 3.8) is 0 Å². The standard InChI is InChI=1S/C11H21NO3/c1-10(2,3)15-8-7-12-11(9(13)14)5-4-6-11/h12H,4-8H2,1-3H3,(H,13,14). The maximum Gasteiger partial charge on any atom is 0.323 e. The first-order valence-corrected chi connectivity index (χ1v) is 5.48. The van der Waals surface area contributed by atoms with Gasteiger partial charge in [0.2, 0.25) is 0 Å². The van der Waals surface area contributed by atoms with Crippen LogP contribution in [0, 0.1) is 0 Å². The van der Waals surface area contributed by atoms with E-state index in [-0.39, 0.29) is 5.60 Å². The van der Waals surface area contributed by atoms with Crippen molar-refractivity contribution < 1.29 is 14.6 Å². The van der Waals surface area contributed by atoms with Crippen LogP contribution in [0.4, 0.5) is 0 Å². The number of hydrogen-bond acceptors (Lipinski definition) is 3. The first-order valence-electron chi connectivity index (χ1n) is 5.48. The molecule has 0 aromatic carbocycles. The summed E-state index contributed by atoms with van der Waals surface area (Å²) in [6.07, 6.45) is 2.47. The molecular formula is C11H21NO3. The average Bonchev–Trinajstić information content (AvgIpc) is 1.98. The molecule has 0 unspecified atom stereocenters. The Hall–Kier alpha value is -0.610. The molecular weight excluding hydrogens is 194 g/mol. The van der Waals surface area contributed by atoms with Gasteiger partial charge in [0.25, 0.3) is 0 Å². The van der Waals surface area contributed by atoms with E-state index < -0.39 is 11.5 Å². The molecule has 88 valence electrons. The third kappa shape index (κ3) is 3.47. The van der Waals surface area contributed by atoms with Gasteiger partial charge in [-0.15, -0.1) is 0 Å². The SMILES string of the molecule is CC(C)(C)OCCNC1(C(=O)O)CCC1. The molecule has 0 atom stereocenters. The first kappa shape index (κ1) is 12.5. The van der Waals surface area contributed by atoms with Crippen LogP contribution in [0.2, 0.25) is 0 Å². The number of carboxylic acids is 1. The summed E-state index contributed by atoms with van der Waals surface area (Å²) in [7, 11) is 0. The molecule has 1 fully saturated rings. The lowest BCUT2D eigenvalue weighted by atomic mass is 9.77. The van der Waals surface area contributed by atoms with Gasteiger partial charge in [0.1, 0.15) is 5.54 Å². The van der Waals surface area contributed by atoms with E-state index in [9.17, 15) is 4.79 Å². The summed E-state index contributed by atoms with van der Waals surface area (Å²) in [4.78, 5) is 11.0. The third-order valence-corrected chi connectivity index (χ3v) is 2.72. The van der Waals surface area contributed by atoms with Crippen molar-refractivity contribution in [1.29, 1.82) is 0 Å². The van der Waals surface area contributed by atoms with E-state index in [1.807, 2.05) is 20.8 Å². The Morgan fingerprint density at radius 2 is 2.07 bits per heavy atom. The van der Waals surface area contributed by atoms with Crippen LogP contribution in [-0.4, -0.2) is 35.4 Å². The number of carboxylic acid groups (broad SMARTS) is 1. The first-order chi connectivity index (χ1) is 6.86. The van der Waals surface area contributed by atoms with Crippen LogP contribution in [0.5, 0.6) is 0 Å². The second kappa shape index (κ2) is 4.49. The van der Waals surface area contributed by atoms with Gasteiger partial charge in [0.05, 0.1) is 12.2 Å². The van der Waals surface area contributed by atoms with E-state index in [1.54, 1.807) is 0 Å². The van der Waals surface area contributed by atoms with Crippen LogP contribution in [0.3, 0.4) is 0 Å². The van der Waals surface area contributed by atoms with Crippen LogP contribution in [0.1, 0.15) is 40.0 Å². The number of nitrogens with one attached hydrogen (secondary N) is 1. The fourth-order valence-corrected chi connectivity index (χ4v) is 1.64. The summed E-state index contributed by atoms with van der Waals surface area (Å²) in [5.74, 6) is -0.732. The Labute approximate surface area is 91.0 Å². The Morgan fingerprint density at radius 3 is 2.40 bits per heavy atom. The topological polar surface area (TPSA) is 58.6 Å². The van der Waals surface area contributed by atoms with Crippen molar-refractivity contribution in [3.8, 4) is 0 Å². The average molecular weight is 215 g/mol. The molecule has 0 radical (unpaired) electrons. The van der Waals surface area contributed by atoms with Crippen molar-refractivity contribution in [3.05, 3.63) is 0 Å². The van der Waals surface area contributed by atoms with E-state index in [0.717, 1.165) is 19.3 Å². The molecule has 0 aliphatic heterocycles. The van der Waals surface area contributed by atoms with Gasteiger partial charge in [-0.25, -0.2) is 0 Å². The largest absolute Gasteiger partial charge is 0.480 e. The predicted octanol–water partition coefficient (Wildman–Crippen LogP) is 1.40. The zero-order valence-corrected chi connectivity index (χ0v) is 9.80. The van der Waals surface area contributed by atoms with Gasteiger partial charge in [0.15, 0.2) is 0 Å². The van der Waals surface area contributed by atoms with Gasteiger partial charge in [-0.3, -0.25) is 10.1 Å². The van der Waals surface area contributed by atoms with E-state index in [0.29, 0.717) is 13.2 Å². The molecule has 0 spiro atoms. The van der Waals surface area contributed by atoms with Crippen molar-refractivity contribution in [2.45, 2.75) is 51.2 Å². The van der Waals surface area contributed by atoms with Crippen LogP contribution in [0.25, 0.3) is 0 Å². The Balaban J connectivity index is 2.22. The molecule has 0 aromatic heterocycles. The van der Waals surface area contributed by atoms with Crippen molar-refractivity contribution in [1.82, 2.24) is 5.32 Å². The van der Waals surface area contributed by atoms with Crippen LogP contribution < -0.4 is 5.32 Å². The maximum absolute atomic E-state index is 11.0. The Morgan fingerprint density at radius 1 is 1.47 bits per heavy atom. The smallest absolute Gasteiger partial charge is 0.323 e.